The predicted octanol–water partition coefficient (Wildman–Crippen LogP) is 2.74. The third-order valence-corrected chi connectivity index (χ3v) is 4.35. The van der Waals surface area contributed by atoms with Gasteiger partial charge in [-0.25, -0.2) is 0 Å². The molecule has 1 amide bonds. The summed E-state index contributed by atoms with van der Waals surface area (Å²) in [4.78, 5) is 25.1. The summed E-state index contributed by atoms with van der Waals surface area (Å²) in [6.45, 7) is 4.12. The van der Waals surface area contributed by atoms with Crippen LogP contribution in [-0.4, -0.2) is 41.1 Å². The SMILES string of the molecule is Cc1cc(Cl)ccc1OCC(=O)N1CCC[C@@H](C(=O)O)[C@H]1C. The smallest absolute Gasteiger partial charge is 0.308 e. The fourth-order valence-electron chi connectivity index (χ4n) is 2.82. The van der Waals surface area contributed by atoms with Crippen molar-refractivity contribution >= 4 is 23.5 Å². The molecular formula is C16H20ClNO4. The minimum absolute atomic E-state index is 0.0981. The lowest BCUT2D eigenvalue weighted by Crippen LogP contribution is -2.50. The second-order valence-corrected chi connectivity index (χ2v) is 6.05. The quantitative estimate of drug-likeness (QED) is 0.924. The highest BCUT2D eigenvalue weighted by molar-refractivity contribution is 6.30. The first kappa shape index (κ1) is 16.6. The molecule has 1 saturated heterocycles. The zero-order valence-corrected chi connectivity index (χ0v) is 13.5. The zero-order chi connectivity index (χ0) is 16.3. The molecule has 0 aromatic heterocycles. The molecule has 5 nitrogen and oxygen atoms in total. The van der Waals surface area contributed by atoms with Crippen LogP contribution in [0.1, 0.15) is 25.3 Å². The third-order valence-electron chi connectivity index (χ3n) is 4.11. The molecule has 1 N–H and O–H groups in total. The van der Waals surface area contributed by atoms with Crippen LogP contribution >= 0.6 is 11.6 Å². The van der Waals surface area contributed by atoms with Crippen molar-refractivity contribution in [3.63, 3.8) is 0 Å². The van der Waals surface area contributed by atoms with Gasteiger partial charge in [-0.15, -0.1) is 0 Å². The first-order valence-corrected chi connectivity index (χ1v) is 7.69. The lowest BCUT2D eigenvalue weighted by molar-refractivity contribution is -0.149. The van der Waals surface area contributed by atoms with Gasteiger partial charge in [0.1, 0.15) is 5.75 Å². The summed E-state index contributed by atoms with van der Waals surface area (Å²) in [5, 5.41) is 9.81. The van der Waals surface area contributed by atoms with Crippen molar-refractivity contribution in [2.75, 3.05) is 13.2 Å². The van der Waals surface area contributed by atoms with Crippen LogP contribution in [0.3, 0.4) is 0 Å². The molecule has 0 saturated carbocycles. The molecule has 1 aliphatic rings. The van der Waals surface area contributed by atoms with E-state index >= 15 is 0 Å². The maximum atomic E-state index is 12.3. The number of carboxylic acid groups (broad SMARTS) is 1. The number of amides is 1. The summed E-state index contributed by atoms with van der Waals surface area (Å²) < 4.78 is 5.55. The normalized spacial score (nSPS) is 21.5. The number of hydrogen-bond acceptors (Lipinski definition) is 3. The number of nitrogens with zero attached hydrogens (tertiary/aromatic N) is 1. The highest BCUT2D eigenvalue weighted by Crippen LogP contribution is 2.25. The van der Waals surface area contributed by atoms with Crippen molar-refractivity contribution in [1.29, 1.82) is 0 Å². The van der Waals surface area contributed by atoms with Crippen LogP contribution in [-0.2, 0) is 9.59 Å². The van der Waals surface area contributed by atoms with Gasteiger partial charge in [0.15, 0.2) is 6.61 Å². The summed E-state index contributed by atoms with van der Waals surface area (Å²) in [5.74, 6) is -0.931. The van der Waals surface area contributed by atoms with Gasteiger partial charge < -0.3 is 14.7 Å². The molecule has 1 aromatic carbocycles. The van der Waals surface area contributed by atoms with Gasteiger partial charge in [-0.3, -0.25) is 9.59 Å². The molecule has 22 heavy (non-hydrogen) atoms. The largest absolute Gasteiger partial charge is 0.483 e. The molecule has 0 unspecified atom stereocenters. The number of carboxylic acids is 1. The van der Waals surface area contributed by atoms with Crippen molar-refractivity contribution < 1.29 is 19.4 Å². The summed E-state index contributed by atoms with van der Waals surface area (Å²) in [6.07, 6.45) is 1.31. The van der Waals surface area contributed by atoms with Gasteiger partial charge in [0.05, 0.1) is 5.92 Å². The van der Waals surface area contributed by atoms with E-state index in [1.165, 1.54) is 0 Å². The Labute approximate surface area is 134 Å². The first-order valence-electron chi connectivity index (χ1n) is 7.31. The molecule has 1 aromatic rings. The highest BCUT2D eigenvalue weighted by atomic mass is 35.5. The van der Waals surface area contributed by atoms with E-state index in [1.807, 2.05) is 6.92 Å². The maximum absolute atomic E-state index is 12.3. The number of aliphatic carboxylic acids is 1. The van der Waals surface area contributed by atoms with E-state index in [-0.39, 0.29) is 18.6 Å². The van der Waals surface area contributed by atoms with Crippen LogP contribution in [0.4, 0.5) is 0 Å². The number of hydrogen-bond donors (Lipinski definition) is 1. The van der Waals surface area contributed by atoms with Crippen molar-refractivity contribution in [2.45, 2.75) is 32.7 Å². The number of ether oxygens (including phenoxy) is 1. The second-order valence-electron chi connectivity index (χ2n) is 5.61. The topological polar surface area (TPSA) is 66.8 Å². The standard InChI is InChI=1S/C16H20ClNO4/c1-10-8-12(17)5-6-14(10)22-9-15(19)18-7-3-4-13(11(18)2)16(20)21/h5-6,8,11,13H,3-4,7,9H2,1-2H3,(H,20,21)/t11-,13-/m1/s1. The van der Waals surface area contributed by atoms with Gasteiger partial charge in [0.25, 0.3) is 5.91 Å². The number of likely N-dealkylation sites (tertiary alicyclic amines) is 1. The van der Waals surface area contributed by atoms with Crippen LogP contribution in [0.5, 0.6) is 5.75 Å². The van der Waals surface area contributed by atoms with E-state index in [1.54, 1.807) is 30.0 Å². The van der Waals surface area contributed by atoms with Gasteiger partial charge in [0.2, 0.25) is 0 Å². The van der Waals surface area contributed by atoms with Gasteiger partial charge in [-0.1, -0.05) is 11.6 Å². The number of carbonyl (C=O) groups excluding carboxylic acids is 1. The Morgan fingerprint density at radius 3 is 2.82 bits per heavy atom. The number of rotatable bonds is 4. The molecule has 0 bridgehead atoms. The summed E-state index contributed by atoms with van der Waals surface area (Å²) >= 11 is 5.88. The number of piperidine rings is 1. The molecule has 1 aliphatic heterocycles. The van der Waals surface area contributed by atoms with Gasteiger partial charge in [-0.05, 0) is 50.5 Å². The predicted molar refractivity (Wildman–Crippen MR) is 83.2 cm³/mol. The van der Waals surface area contributed by atoms with E-state index in [0.29, 0.717) is 30.2 Å². The average molecular weight is 326 g/mol. The van der Waals surface area contributed by atoms with E-state index in [9.17, 15) is 14.7 Å². The average Bonchev–Trinajstić information content (AvgIpc) is 2.46. The Hall–Kier alpha value is -1.75. The van der Waals surface area contributed by atoms with Crippen molar-refractivity contribution in [3.8, 4) is 5.75 Å². The molecule has 6 heteroatoms. The second kappa shape index (κ2) is 7.01. The first-order chi connectivity index (χ1) is 10.4. The minimum atomic E-state index is -0.848. The number of halogens is 1. The lowest BCUT2D eigenvalue weighted by Gasteiger charge is -2.37. The molecule has 2 atom stereocenters. The summed E-state index contributed by atoms with van der Waals surface area (Å²) in [7, 11) is 0. The van der Waals surface area contributed by atoms with Crippen LogP contribution in [0.25, 0.3) is 0 Å². The third kappa shape index (κ3) is 3.71. The minimum Gasteiger partial charge on any atom is -0.483 e. The molecule has 120 valence electrons. The molecule has 2 rings (SSSR count). The van der Waals surface area contributed by atoms with Crippen LogP contribution < -0.4 is 4.74 Å². The van der Waals surface area contributed by atoms with Crippen molar-refractivity contribution in [2.24, 2.45) is 5.92 Å². The Kier molecular flexibility index (Phi) is 5.29. The van der Waals surface area contributed by atoms with Crippen LogP contribution in [0.2, 0.25) is 5.02 Å². The fourth-order valence-corrected chi connectivity index (χ4v) is 3.05. The monoisotopic (exact) mass is 325 g/mol. The molecule has 0 radical (unpaired) electrons. The van der Waals surface area contributed by atoms with Crippen LogP contribution in [0.15, 0.2) is 18.2 Å². The van der Waals surface area contributed by atoms with Crippen LogP contribution in [0, 0.1) is 12.8 Å². The molecule has 1 heterocycles. The van der Waals surface area contributed by atoms with Crippen molar-refractivity contribution in [3.05, 3.63) is 28.8 Å². The summed E-state index contributed by atoms with van der Waals surface area (Å²) in [5.41, 5.74) is 0.857. The van der Waals surface area contributed by atoms with E-state index in [4.69, 9.17) is 16.3 Å². The Morgan fingerprint density at radius 2 is 2.18 bits per heavy atom. The van der Waals surface area contributed by atoms with E-state index in [2.05, 4.69) is 0 Å². The number of benzene rings is 1. The zero-order valence-electron chi connectivity index (χ0n) is 12.7. The van der Waals surface area contributed by atoms with Crippen molar-refractivity contribution in [1.82, 2.24) is 4.90 Å². The van der Waals surface area contributed by atoms with Gasteiger partial charge in [0, 0.05) is 17.6 Å². The molecule has 0 spiro atoms. The number of aryl methyl sites for hydroxylation is 1. The highest BCUT2D eigenvalue weighted by Gasteiger charge is 2.35. The molecule has 1 fully saturated rings. The number of carbonyl (C=O) groups is 2. The van der Waals surface area contributed by atoms with E-state index in [0.717, 1.165) is 5.56 Å². The van der Waals surface area contributed by atoms with E-state index < -0.39 is 11.9 Å². The lowest BCUT2D eigenvalue weighted by atomic mass is 9.90. The molecular weight excluding hydrogens is 306 g/mol. The maximum Gasteiger partial charge on any atom is 0.308 e. The Bertz CT molecular complexity index is 575. The molecule has 0 aliphatic carbocycles. The van der Waals surface area contributed by atoms with Gasteiger partial charge >= 0.3 is 5.97 Å². The fraction of sp³-hybridized carbons (Fsp3) is 0.500. The van der Waals surface area contributed by atoms with Gasteiger partial charge in [-0.2, -0.15) is 0 Å². The Balaban J connectivity index is 1.98. The Morgan fingerprint density at radius 1 is 1.45 bits per heavy atom. The summed E-state index contributed by atoms with van der Waals surface area (Å²) in [6, 6.07) is 4.89.